The summed E-state index contributed by atoms with van der Waals surface area (Å²) in [7, 11) is -8.09. The molecule has 0 radical (unpaired) electrons. The molecule has 0 aliphatic carbocycles. The molecule has 0 heterocycles. The van der Waals surface area contributed by atoms with Crippen LogP contribution < -0.4 is 0 Å². The second-order valence-corrected chi connectivity index (χ2v) is 16.9. The summed E-state index contributed by atoms with van der Waals surface area (Å²) in [5.41, 5.74) is -4.47. The van der Waals surface area contributed by atoms with Crippen molar-refractivity contribution in [3.8, 4) is 0 Å². The maximum atomic E-state index is 16.1. The van der Waals surface area contributed by atoms with E-state index < -0.39 is 71.4 Å². The van der Waals surface area contributed by atoms with Crippen LogP contribution in [0.3, 0.4) is 0 Å². The lowest BCUT2D eigenvalue weighted by Gasteiger charge is -2.48. The Bertz CT molecular complexity index is 687. The average molecular weight is 533 g/mol. The summed E-state index contributed by atoms with van der Waals surface area (Å²) in [6.07, 6.45) is -9.44. The van der Waals surface area contributed by atoms with Gasteiger partial charge < -0.3 is 13.6 Å². The SMILES string of the molecule is C=C(C)C(=O)OC[Si](C)(C)O[Si](C)(CCC)C(F)(OCCC)C(F)(F)C(F)(F)CC(F)(F)F. The first kappa shape index (κ1) is 32.0. The zero-order valence-electron chi connectivity index (χ0n) is 19.6. The molecule has 0 saturated heterocycles. The van der Waals surface area contributed by atoms with Crippen molar-refractivity contribution in [1.82, 2.24) is 0 Å². The van der Waals surface area contributed by atoms with Crippen LogP contribution in [0.1, 0.15) is 40.0 Å². The van der Waals surface area contributed by atoms with Gasteiger partial charge in [-0.3, -0.25) is 0 Å². The number of carbonyl (C=O) groups is 1. The summed E-state index contributed by atoms with van der Waals surface area (Å²) < 4.78 is 128. The van der Waals surface area contributed by atoms with Crippen LogP contribution in [0.15, 0.2) is 12.2 Å². The van der Waals surface area contributed by atoms with Crippen LogP contribution in [0.4, 0.5) is 35.1 Å². The van der Waals surface area contributed by atoms with Gasteiger partial charge in [-0.1, -0.05) is 26.8 Å². The molecule has 0 bridgehead atoms. The third-order valence-corrected chi connectivity index (χ3v) is 12.7. The molecular formula is C19H32F8O4Si2. The van der Waals surface area contributed by atoms with Crippen molar-refractivity contribution in [2.75, 3.05) is 12.8 Å². The molecule has 14 heteroatoms. The van der Waals surface area contributed by atoms with Gasteiger partial charge in [0.15, 0.2) is 0 Å². The Balaban J connectivity index is 6.46. The van der Waals surface area contributed by atoms with E-state index in [4.69, 9.17) is 8.85 Å². The molecule has 0 aromatic heterocycles. The number of ether oxygens (including phenoxy) is 2. The summed E-state index contributed by atoms with van der Waals surface area (Å²) in [6, 6.07) is -0.463. The standard InChI is InChI=1S/C19H32F8O4Si2/c1-8-10-30-19(27,18(25,26)16(20,21)12-17(22,23)24)33(7,11-9-2)31-32(5,6)13-29-15(28)14(3)4/h3,8-13H2,1-2,4-7H3. The molecular weight excluding hydrogens is 500 g/mol. The van der Waals surface area contributed by atoms with Gasteiger partial charge in [-0.05, 0) is 39.0 Å². The highest BCUT2D eigenvalue weighted by Gasteiger charge is 2.79. The highest BCUT2D eigenvalue weighted by atomic mass is 28.4. The number of esters is 1. The van der Waals surface area contributed by atoms with E-state index in [9.17, 15) is 26.7 Å². The van der Waals surface area contributed by atoms with Crippen molar-refractivity contribution in [3.63, 3.8) is 0 Å². The Morgan fingerprint density at radius 1 is 0.939 bits per heavy atom. The predicted molar refractivity (Wildman–Crippen MR) is 112 cm³/mol. The van der Waals surface area contributed by atoms with Gasteiger partial charge in [-0.2, -0.15) is 30.7 Å². The summed E-state index contributed by atoms with van der Waals surface area (Å²) in [6.45, 7) is 10.5. The molecule has 0 amide bonds. The maximum Gasteiger partial charge on any atom is 0.395 e. The van der Waals surface area contributed by atoms with Crippen molar-refractivity contribution < 1.29 is 53.5 Å². The zero-order chi connectivity index (χ0) is 26.5. The lowest BCUT2D eigenvalue weighted by atomic mass is 10.1. The third kappa shape index (κ3) is 8.03. The van der Waals surface area contributed by atoms with Gasteiger partial charge in [-0.25, -0.2) is 9.18 Å². The van der Waals surface area contributed by atoms with Crippen molar-refractivity contribution >= 4 is 22.6 Å². The number of halogens is 8. The van der Waals surface area contributed by atoms with Crippen molar-refractivity contribution in [2.45, 2.75) is 89.2 Å². The molecule has 0 aromatic carbocycles. The third-order valence-electron chi connectivity index (χ3n) is 4.60. The average Bonchev–Trinajstić information content (AvgIpc) is 2.61. The smallest absolute Gasteiger partial charge is 0.395 e. The maximum absolute atomic E-state index is 16.1. The quantitative estimate of drug-likeness (QED) is 0.108. The fourth-order valence-corrected chi connectivity index (χ4v) is 12.2. The fourth-order valence-electron chi connectivity index (χ4n) is 3.17. The molecule has 2 unspecified atom stereocenters. The van der Waals surface area contributed by atoms with Gasteiger partial charge in [0, 0.05) is 5.57 Å². The Kier molecular flexibility index (Phi) is 10.8. The van der Waals surface area contributed by atoms with Gasteiger partial charge in [-0.15, -0.1) is 0 Å². The Morgan fingerprint density at radius 3 is 1.85 bits per heavy atom. The van der Waals surface area contributed by atoms with E-state index >= 15 is 13.2 Å². The largest absolute Gasteiger partial charge is 0.463 e. The first-order valence-corrected chi connectivity index (χ1v) is 16.0. The normalized spacial score (nSPS) is 17.3. The molecule has 4 nitrogen and oxygen atoms in total. The molecule has 0 aliphatic rings. The molecule has 33 heavy (non-hydrogen) atoms. The highest BCUT2D eigenvalue weighted by molar-refractivity contribution is 6.86. The van der Waals surface area contributed by atoms with Crippen LogP contribution in [-0.2, 0) is 18.4 Å². The molecule has 0 rings (SSSR count). The number of carbonyl (C=O) groups excluding carboxylic acids is 1. The number of alkyl halides is 8. The topological polar surface area (TPSA) is 44.8 Å². The van der Waals surface area contributed by atoms with Crippen LogP contribution in [0.25, 0.3) is 0 Å². The van der Waals surface area contributed by atoms with E-state index in [-0.39, 0.29) is 18.4 Å². The Hall–Kier alpha value is -0.996. The summed E-state index contributed by atoms with van der Waals surface area (Å²) in [5.74, 6) is -12.5. The fraction of sp³-hybridized carbons (Fsp3) is 0.842. The van der Waals surface area contributed by atoms with Crippen LogP contribution in [0, 0.1) is 0 Å². The summed E-state index contributed by atoms with van der Waals surface area (Å²) in [4.78, 5) is 11.7. The van der Waals surface area contributed by atoms with E-state index in [0.717, 1.165) is 6.55 Å². The lowest BCUT2D eigenvalue weighted by molar-refractivity contribution is -0.340. The van der Waals surface area contributed by atoms with E-state index in [1.54, 1.807) is 0 Å². The van der Waals surface area contributed by atoms with Crippen LogP contribution in [0.5, 0.6) is 0 Å². The van der Waals surface area contributed by atoms with Gasteiger partial charge in [0.25, 0.3) is 13.8 Å². The van der Waals surface area contributed by atoms with Crippen molar-refractivity contribution in [2.24, 2.45) is 0 Å². The monoisotopic (exact) mass is 532 g/mol. The minimum atomic E-state index is -5.86. The number of hydrogen-bond acceptors (Lipinski definition) is 4. The van der Waals surface area contributed by atoms with Gasteiger partial charge in [0.1, 0.15) is 12.7 Å². The van der Waals surface area contributed by atoms with Crippen molar-refractivity contribution in [1.29, 1.82) is 0 Å². The zero-order valence-corrected chi connectivity index (χ0v) is 21.6. The molecule has 0 aliphatic heterocycles. The first-order valence-electron chi connectivity index (χ1n) is 10.3. The van der Waals surface area contributed by atoms with Crippen LogP contribution >= 0.6 is 0 Å². The second-order valence-electron chi connectivity index (χ2n) is 8.71. The first-order chi connectivity index (χ1) is 14.6. The molecule has 196 valence electrons. The van der Waals surface area contributed by atoms with E-state index in [2.05, 4.69) is 11.3 Å². The number of rotatable bonds is 14. The highest BCUT2D eigenvalue weighted by Crippen LogP contribution is 2.54. The van der Waals surface area contributed by atoms with E-state index in [0.29, 0.717) is 0 Å². The predicted octanol–water partition coefficient (Wildman–Crippen LogP) is 6.71. The van der Waals surface area contributed by atoms with Crippen molar-refractivity contribution in [3.05, 3.63) is 12.2 Å². The summed E-state index contributed by atoms with van der Waals surface area (Å²) >= 11 is 0. The van der Waals surface area contributed by atoms with Crippen LogP contribution in [-0.4, -0.2) is 58.9 Å². The van der Waals surface area contributed by atoms with Crippen LogP contribution in [0.2, 0.25) is 25.7 Å². The van der Waals surface area contributed by atoms with E-state index in [1.807, 2.05) is 0 Å². The molecule has 0 aromatic rings. The molecule has 0 spiro atoms. The van der Waals surface area contributed by atoms with Gasteiger partial charge in [0.05, 0.1) is 6.61 Å². The molecule has 0 fully saturated rings. The van der Waals surface area contributed by atoms with Gasteiger partial charge in [0.2, 0.25) is 8.32 Å². The molecule has 0 saturated carbocycles. The van der Waals surface area contributed by atoms with Gasteiger partial charge >= 0.3 is 24.0 Å². The molecule has 2 atom stereocenters. The molecule has 0 N–H and O–H groups in total. The Morgan fingerprint density at radius 2 is 1.45 bits per heavy atom. The minimum Gasteiger partial charge on any atom is -0.463 e. The number of hydrogen-bond donors (Lipinski definition) is 0. The van der Waals surface area contributed by atoms with E-state index in [1.165, 1.54) is 33.9 Å². The minimum absolute atomic E-state index is 0.000826. The second kappa shape index (κ2) is 11.2. The Labute approximate surface area is 190 Å². The lowest BCUT2D eigenvalue weighted by Crippen LogP contribution is -2.73. The summed E-state index contributed by atoms with van der Waals surface area (Å²) in [5, 5.41) is 0.